The predicted molar refractivity (Wildman–Crippen MR) is 98.6 cm³/mol. The second-order valence-electron chi connectivity index (χ2n) is 6.09. The van der Waals surface area contributed by atoms with Crippen LogP contribution in [0, 0.1) is 6.92 Å². The van der Waals surface area contributed by atoms with Gasteiger partial charge in [0.25, 0.3) is 5.91 Å². The van der Waals surface area contributed by atoms with E-state index in [2.05, 4.69) is 10.4 Å². The van der Waals surface area contributed by atoms with E-state index in [-0.39, 0.29) is 18.6 Å². The normalized spacial score (nSPS) is 12.1. The summed E-state index contributed by atoms with van der Waals surface area (Å²) in [6.07, 6.45) is 1.81. The van der Waals surface area contributed by atoms with Gasteiger partial charge in [0.05, 0.1) is 12.2 Å². The van der Waals surface area contributed by atoms with Gasteiger partial charge in [-0.15, -0.1) is 0 Å². The minimum absolute atomic E-state index is 0.0103. The van der Waals surface area contributed by atoms with Gasteiger partial charge in [-0.2, -0.15) is 5.10 Å². The summed E-state index contributed by atoms with van der Waals surface area (Å²) in [5, 5.41) is 9.53. The Morgan fingerprint density at radius 2 is 2.00 bits per heavy atom. The fraction of sp³-hybridized carbons (Fsp3) is 0.300. The zero-order valence-corrected chi connectivity index (χ0v) is 14.8. The van der Waals surface area contributed by atoms with Gasteiger partial charge in [0.2, 0.25) is 0 Å². The molecule has 130 valence electrons. The third kappa shape index (κ3) is 3.82. The smallest absolute Gasteiger partial charge is 0.258 e. The summed E-state index contributed by atoms with van der Waals surface area (Å²) in [6, 6.07) is 13.8. The molecule has 1 aromatic heterocycles. The molecule has 0 aliphatic carbocycles. The molecule has 0 bridgehead atoms. The van der Waals surface area contributed by atoms with Crippen molar-refractivity contribution in [3.05, 3.63) is 59.9 Å². The number of aromatic nitrogens is 2. The largest absolute Gasteiger partial charge is 0.484 e. The maximum Gasteiger partial charge on any atom is 0.258 e. The molecule has 0 radical (unpaired) electrons. The number of fused-ring (bicyclic) bond motifs is 1. The molecule has 0 saturated carbocycles. The second-order valence-corrected chi connectivity index (χ2v) is 6.09. The molecule has 1 heterocycles. The van der Waals surface area contributed by atoms with Gasteiger partial charge in [0.15, 0.2) is 6.61 Å². The number of carbonyl (C=O) groups is 1. The number of amides is 1. The van der Waals surface area contributed by atoms with Crippen LogP contribution in [0.25, 0.3) is 10.8 Å². The van der Waals surface area contributed by atoms with Gasteiger partial charge < -0.3 is 10.1 Å². The Balaban J connectivity index is 1.59. The first-order valence-corrected chi connectivity index (χ1v) is 8.51. The quantitative estimate of drug-likeness (QED) is 0.747. The lowest BCUT2D eigenvalue weighted by Gasteiger charge is -2.14. The van der Waals surface area contributed by atoms with Crippen molar-refractivity contribution in [1.82, 2.24) is 15.1 Å². The molecular weight excluding hydrogens is 314 g/mol. The fourth-order valence-electron chi connectivity index (χ4n) is 2.97. The highest BCUT2D eigenvalue weighted by atomic mass is 16.5. The molecule has 0 spiro atoms. The van der Waals surface area contributed by atoms with Crippen LogP contribution < -0.4 is 10.1 Å². The van der Waals surface area contributed by atoms with Crippen molar-refractivity contribution in [1.29, 1.82) is 0 Å². The summed E-state index contributed by atoms with van der Waals surface area (Å²) in [7, 11) is 0. The highest BCUT2D eigenvalue weighted by Crippen LogP contribution is 2.21. The van der Waals surface area contributed by atoms with E-state index in [1.165, 1.54) is 0 Å². The molecule has 0 saturated heterocycles. The molecule has 25 heavy (non-hydrogen) atoms. The first-order chi connectivity index (χ1) is 12.1. The molecule has 0 fully saturated rings. The van der Waals surface area contributed by atoms with Crippen LogP contribution in [0.3, 0.4) is 0 Å². The molecule has 5 heteroatoms. The van der Waals surface area contributed by atoms with E-state index in [0.717, 1.165) is 28.6 Å². The zero-order chi connectivity index (χ0) is 17.8. The average molecular weight is 337 g/mol. The van der Waals surface area contributed by atoms with Gasteiger partial charge >= 0.3 is 0 Å². The van der Waals surface area contributed by atoms with Crippen LogP contribution in [0.5, 0.6) is 5.75 Å². The zero-order valence-electron chi connectivity index (χ0n) is 14.8. The molecule has 1 N–H and O–H groups in total. The molecule has 1 unspecified atom stereocenters. The lowest BCUT2D eigenvalue weighted by atomic mass is 10.1. The number of aryl methyl sites for hydroxylation is 1. The van der Waals surface area contributed by atoms with E-state index in [4.69, 9.17) is 4.74 Å². The fourth-order valence-corrected chi connectivity index (χ4v) is 2.97. The molecule has 3 rings (SSSR count). The van der Waals surface area contributed by atoms with Crippen LogP contribution in [0.15, 0.2) is 48.7 Å². The summed E-state index contributed by atoms with van der Waals surface area (Å²) in [5.74, 6) is 0.542. The van der Waals surface area contributed by atoms with Crippen LogP contribution >= 0.6 is 0 Å². The Kier molecular flexibility index (Phi) is 5.03. The molecule has 1 amide bonds. The Hall–Kier alpha value is -2.82. The second kappa shape index (κ2) is 7.38. The van der Waals surface area contributed by atoms with Crippen molar-refractivity contribution >= 4 is 16.7 Å². The average Bonchev–Trinajstić information content (AvgIpc) is 3.00. The molecule has 2 aromatic carbocycles. The van der Waals surface area contributed by atoms with Crippen LogP contribution in [0.2, 0.25) is 0 Å². The van der Waals surface area contributed by atoms with Crippen LogP contribution in [0.1, 0.15) is 31.1 Å². The summed E-state index contributed by atoms with van der Waals surface area (Å²) in [5.41, 5.74) is 2.10. The van der Waals surface area contributed by atoms with Gasteiger partial charge in [-0.25, -0.2) is 0 Å². The summed E-state index contributed by atoms with van der Waals surface area (Å²) in [6.45, 7) is 6.82. The van der Waals surface area contributed by atoms with E-state index in [9.17, 15) is 4.79 Å². The first-order valence-electron chi connectivity index (χ1n) is 8.51. The van der Waals surface area contributed by atoms with Crippen molar-refractivity contribution in [2.24, 2.45) is 0 Å². The van der Waals surface area contributed by atoms with Gasteiger partial charge in [0.1, 0.15) is 5.75 Å². The standard InChI is InChI=1S/C20H23N3O2/c1-4-23-15(3)19(12-21-23)14(2)22-20(24)13-25-18-10-9-16-7-5-6-8-17(16)11-18/h5-12,14H,4,13H2,1-3H3,(H,22,24). The van der Waals surface area contributed by atoms with Crippen LogP contribution in [0.4, 0.5) is 0 Å². The minimum Gasteiger partial charge on any atom is -0.484 e. The van der Waals surface area contributed by atoms with Crippen LogP contribution in [-0.2, 0) is 11.3 Å². The number of hydrogen-bond donors (Lipinski definition) is 1. The Labute approximate surface area is 147 Å². The highest BCUT2D eigenvalue weighted by Gasteiger charge is 2.15. The van der Waals surface area contributed by atoms with Crippen molar-refractivity contribution in [3.8, 4) is 5.75 Å². The number of nitrogens with zero attached hydrogens (tertiary/aromatic N) is 2. The van der Waals surface area contributed by atoms with E-state index in [1.54, 1.807) is 0 Å². The van der Waals surface area contributed by atoms with Gasteiger partial charge in [-0.3, -0.25) is 9.48 Å². The van der Waals surface area contributed by atoms with Crippen molar-refractivity contribution < 1.29 is 9.53 Å². The van der Waals surface area contributed by atoms with E-state index < -0.39 is 0 Å². The Morgan fingerprint density at radius 3 is 2.72 bits per heavy atom. The SMILES string of the molecule is CCn1ncc(C(C)NC(=O)COc2ccc3ccccc3c2)c1C. The van der Waals surface area contributed by atoms with Gasteiger partial charge in [-0.1, -0.05) is 30.3 Å². The van der Waals surface area contributed by atoms with E-state index in [1.807, 2.05) is 74.1 Å². The van der Waals surface area contributed by atoms with Crippen molar-refractivity contribution in [3.63, 3.8) is 0 Å². The summed E-state index contributed by atoms with van der Waals surface area (Å²) >= 11 is 0. The number of carbonyl (C=O) groups excluding carboxylic acids is 1. The number of hydrogen-bond acceptors (Lipinski definition) is 3. The molecule has 0 aliphatic heterocycles. The Bertz CT molecular complexity index is 886. The Morgan fingerprint density at radius 1 is 1.24 bits per heavy atom. The maximum atomic E-state index is 12.2. The summed E-state index contributed by atoms with van der Waals surface area (Å²) < 4.78 is 7.56. The number of nitrogens with one attached hydrogen (secondary N) is 1. The number of benzene rings is 2. The predicted octanol–water partition coefficient (Wildman–Crippen LogP) is 3.62. The lowest BCUT2D eigenvalue weighted by Crippen LogP contribution is -2.31. The molecule has 0 aliphatic rings. The monoisotopic (exact) mass is 337 g/mol. The van der Waals surface area contributed by atoms with Crippen molar-refractivity contribution in [2.75, 3.05) is 6.61 Å². The first kappa shape index (κ1) is 17.0. The van der Waals surface area contributed by atoms with E-state index >= 15 is 0 Å². The van der Waals surface area contributed by atoms with Gasteiger partial charge in [0, 0.05) is 17.8 Å². The molecule has 5 nitrogen and oxygen atoms in total. The number of rotatable bonds is 6. The molecular formula is C20H23N3O2. The lowest BCUT2D eigenvalue weighted by molar-refractivity contribution is -0.123. The molecule has 3 aromatic rings. The highest BCUT2D eigenvalue weighted by molar-refractivity contribution is 5.84. The van der Waals surface area contributed by atoms with Crippen molar-refractivity contribution in [2.45, 2.75) is 33.4 Å². The summed E-state index contributed by atoms with van der Waals surface area (Å²) in [4.78, 5) is 12.2. The maximum absolute atomic E-state index is 12.2. The van der Waals surface area contributed by atoms with Crippen LogP contribution in [-0.4, -0.2) is 22.3 Å². The molecule has 1 atom stereocenters. The van der Waals surface area contributed by atoms with Gasteiger partial charge in [-0.05, 0) is 43.7 Å². The number of ether oxygens (including phenoxy) is 1. The van der Waals surface area contributed by atoms with E-state index in [0.29, 0.717) is 5.75 Å². The third-order valence-electron chi connectivity index (χ3n) is 4.38. The topological polar surface area (TPSA) is 56.2 Å². The minimum atomic E-state index is -0.149. The third-order valence-corrected chi connectivity index (χ3v) is 4.38.